The Morgan fingerprint density at radius 3 is 2.94 bits per heavy atom. The van der Waals surface area contributed by atoms with E-state index in [2.05, 4.69) is 15.5 Å². The molecule has 0 spiro atoms. The van der Waals surface area contributed by atoms with Crippen LogP contribution in [0.1, 0.15) is 5.69 Å². The van der Waals surface area contributed by atoms with E-state index in [1.807, 2.05) is 34.5 Å². The molecule has 2 aliphatic rings. The zero-order chi connectivity index (χ0) is 25.4. The standard InChI is InChI=1S/C23H20N6O5S2/c1-34-27-17(14-3-2-4-16(24)25-14)20(30)26-18-21(31)29-19(23(32)33)13(11-36-22(18)29)10-28-7-5-15-12(9-28)6-8-35-15/h2-9,18,22H,10-11H2,1H3,(H3-,24,25,26,30,32,33)/b27-17-/t18?,22-/m1/s1. The van der Waals surface area contributed by atoms with Gasteiger partial charge < -0.3 is 25.8 Å². The van der Waals surface area contributed by atoms with E-state index < -0.39 is 29.2 Å². The number of fused-ring (bicyclic) bond motifs is 2. The summed E-state index contributed by atoms with van der Waals surface area (Å²) in [6.07, 6.45) is 3.81. The number of aromatic nitrogens is 2. The van der Waals surface area contributed by atoms with Crippen molar-refractivity contribution in [2.45, 2.75) is 18.0 Å². The van der Waals surface area contributed by atoms with Gasteiger partial charge in [-0.15, -0.1) is 23.1 Å². The second kappa shape index (κ2) is 9.59. The maximum atomic E-state index is 13.0. The highest BCUT2D eigenvalue weighted by Crippen LogP contribution is 2.40. The predicted molar refractivity (Wildman–Crippen MR) is 131 cm³/mol. The number of carbonyl (C=O) groups is 3. The van der Waals surface area contributed by atoms with Gasteiger partial charge in [-0.1, -0.05) is 11.2 Å². The lowest BCUT2D eigenvalue weighted by molar-refractivity contribution is -0.687. The van der Waals surface area contributed by atoms with Crippen molar-refractivity contribution in [2.75, 3.05) is 18.6 Å². The topological polar surface area (TPSA) is 154 Å². The monoisotopic (exact) mass is 524 g/mol. The molecule has 5 heterocycles. The number of oxime groups is 1. The number of pyridine rings is 2. The van der Waals surface area contributed by atoms with Crippen molar-refractivity contribution in [3.63, 3.8) is 0 Å². The lowest BCUT2D eigenvalue weighted by atomic mass is 10.0. The molecule has 1 unspecified atom stereocenters. The van der Waals surface area contributed by atoms with Crippen LogP contribution in [-0.2, 0) is 25.8 Å². The Hall–Kier alpha value is -3.97. The minimum Gasteiger partial charge on any atom is -0.543 e. The van der Waals surface area contributed by atoms with Crippen molar-refractivity contribution in [3.05, 3.63) is 65.1 Å². The number of thioether (sulfide) groups is 1. The number of anilines is 1. The number of carboxylic acid groups (broad SMARTS) is 1. The SMILES string of the molecule is CO/N=C(\C(=O)NC1C(=O)N2C(C(=O)[O-])=C(C[n+]3ccc4sccc4c3)CS[C@H]12)c1cccc(N)n1. The highest BCUT2D eigenvalue weighted by atomic mass is 32.2. The Balaban J connectivity index is 1.36. The third kappa shape index (κ3) is 4.27. The molecule has 1 fully saturated rings. The van der Waals surface area contributed by atoms with Crippen LogP contribution in [0.15, 0.2) is 64.5 Å². The lowest BCUT2D eigenvalue weighted by Gasteiger charge is -2.50. The second-order valence-corrected chi connectivity index (χ2v) is 10.1. The quantitative estimate of drug-likeness (QED) is 0.184. The number of hydrogen-bond acceptors (Lipinski definition) is 10. The number of aliphatic carboxylic acids is 1. The summed E-state index contributed by atoms with van der Waals surface area (Å²) in [6.45, 7) is 0.293. The molecule has 0 saturated carbocycles. The normalized spacial score (nSPS) is 19.6. The molecule has 0 radical (unpaired) electrons. The fourth-order valence-corrected chi connectivity index (χ4v) is 6.25. The van der Waals surface area contributed by atoms with E-state index >= 15 is 0 Å². The van der Waals surface area contributed by atoms with E-state index in [1.54, 1.807) is 23.5 Å². The van der Waals surface area contributed by atoms with Gasteiger partial charge in [-0.3, -0.25) is 14.5 Å². The number of nitrogens with one attached hydrogen (secondary N) is 1. The molecule has 184 valence electrons. The average Bonchev–Trinajstić information content (AvgIpc) is 3.33. The van der Waals surface area contributed by atoms with Crippen LogP contribution in [0.25, 0.3) is 10.1 Å². The molecular formula is C23H20N6O5S2. The molecule has 2 amide bonds. The van der Waals surface area contributed by atoms with Crippen molar-refractivity contribution in [2.24, 2.45) is 5.16 Å². The Bertz CT molecular complexity index is 1450. The summed E-state index contributed by atoms with van der Waals surface area (Å²) in [5.74, 6) is -2.14. The van der Waals surface area contributed by atoms with E-state index in [0.717, 1.165) is 10.1 Å². The van der Waals surface area contributed by atoms with Gasteiger partial charge in [0.05, 0.1) is 17.1 Å². The maximum Gasteiger partial charge on any atom is 0.276 e. The molecule has 0 aromatic carbocycles. The van der Waals surface area contributed by atoms with E-state index in [9.17, 15) is 19.5 Å². The molecule has 1 saturated heterocycles. The van der Waals surface area contributed by atoms with Crippen molar-refractivity contribution in [1.82, 2.24) is 15.2 Å². The van der Waals surface area contributed by atoms with Gasteiger partial charge >= 0.3 is 0 Å². The summed E-state index contributed by atoms with van der Waals surface area (Å²) in [5.41, 5.74) is 6.12. The average molecular weight is 525 g/mol. The Morgan fingerprint density at radius 1 is 1.36 bits per heavy atom. The Kier molecular flexibility index (Phi) is 6.33. The molecule has 11 nitrogen and oxygen atoms in total. The molecule has 3 N–H and O–H groups in total. The molecule has 0 bridgehead atoms. The van der Waals surface area contributed by atoms with Gasteiger partial charge in [-0.2, -0.15) is 0 Å². The fourth-order valence-electron chi connectivity index (χ4n) is 4.16. The summed E-state index contributed by atoms with van der Waals surface area (Å²) in [4.78, 5) is 48.1. The zero-order valence-electron chi connectivity index (χ0n) is 18.9. The molecule has 0 aliphatic carbocycles. The van der Waals surface area contributed by atoms with Crippen LogP contribution in [0.4, 0.5) is 5.82 Å². The molecule has 36 heavy (non-hydrogen) atoms. The number of β-lactam (4-membered cyclic amide) rings is 1. The number of carbonyl (C=O) groups excluding carboxylic acids is 3. The Labute approximate surface area is 213 Å². The summed E-state index contributed by atoms with van der Waals surface area (Å²) >= 11 is 2.99. The summed E-state index contributed by atoms with van der Waals surface area (Å²) in [7, 11) is 1.28. The van der Waals surface area contributed by atoms with Crippen LogP contribution in [-0.4, -0.2) is 57.7 Å². The number of nitrogens with two attached hydrogens (primary N) is 1. The van der Waals surface area contributed by atoms with Gasteiger partial charge in [0.2, 0.25) is 0 Å². The van der Waals surface area contributed by atoms with Crippen LogP contribution in [0, 0.1) is 0 Å². The van der Waals surface area contributed by atoms with Crippen LogP contribution >= 0.6 is 23.1 Å². The lowest BCUT2D eigenvalue weighted by Crippen LogP contribution is -2.71. The largest absolute Gasteiger partial charge is 0.543 e. The first-order chi connectivity index (χ1) is 17.4. The minimum atomic E-state index is -1.43. The van der Waals surface area contributed by atoms with Gasteiger partial charge in [0.25, 0.3) is 11.8 Å². The molecule has 3 aromatic rings. The maximum absolute atomic E-state index is 13.0. The predicted octanol–water partition coefficient (Wildman–Crippen LogP) is -0.379. The van der Waals surface area contributed by atoms with Gasteiger partial charge in [0, 0.05) is 22.1 Å². The highest BCUT2D eigenvalue weighted by molar-refractivity contribution is 8.00. The van der Waals surface area contributed by atoms with Gasteiger partial charge in [-0.25, -0.2) is 9.55 Å². The van der Waals surface area contributed by atoms with Crippen LogP contribution < -0.4 is 20.7 Å². The molecule has 2 atom stereocenters. The van der Waals surface area contributed by atoms with Crippen molar-refractivity contribution in [1.29, 1.82) is 0 Å². The van der Waals surface area contributed by atoms with Gasteiger partial charge in [0.15, 0.2) is 24.7 Å². The second-order valence-electron chi connectivity index (χ2n) is 8.03. The molecular weight excluding hydrogens is 504 g/mol. The number of nitrogen functional groups attached to an aromatic ring is 1. The molecule has 2 aliphatic heterocycles. The highest BCUT2D eigenvalue weighted by Gasteiger charge is 2.53. The number of rotatable bonds is 7. The molecule has 5 rings (SSSR count). The number of amides is 2. The number of thiophene rings is 1. The van der Waals surface area contributed by atoms with Crippen LogP contribution in [0.5, 0.6) is 0 Å². The van der Waals surface area contributed by atoms with E-state index in [4.69, 9.17) is 10.6 Å². The first kappa shape index (κ1) is 23.8. The first-order valence-electron chi connectivity index (χ1n) is 10.8. The van der Waals surface area contributed by atoms with Crippen molar-refractivity contribution in [3.8, 4) is 0 Å². The zero-order valence-corrected chi connectivity index (χ0v) is 20.5. The van der Waals surface area contributed by atoms with Crippen molar-refractivity contribution < 1.29 is 28.9 Å². The third-order valence-corrected chi connectivity index (χ3v) is 8.00. The van der Waals surface area contributed by atoms with Gasteiger partial charge in [0.1, 0.15) is 30.0 Å². The number of hydrogen-bond donors (Lipinski definition) is 2. The summed E-state index contributed by atoms with van der Waals surface area (Å²) in [6, 6.07) is 7.70. The van der Waals surface area contributed by atoms with Gasteiger partial charge in [-0.05, 0) is 23.6 Å². The van der Waals surface area contributed by atoms with E-state index in [-0.39, 0.29) is 22.9 Å². The first-order valence-corrected chi connectivity index (χ1v) is 12.7. The van der Waals surface area contributed by atoms with E-state index in [0.29, 0.717) is 17.9 Å². The Morgan fingerprint density at radius 2 is 2.19 bits per heavy atom. The number of carboxylic acids is 1. The van der Waals surface area contributed by atoms with Crippen LogP contribution in [0.2, 0.25) is 0 Å². The summed E-state index contributed by atoms with van der Waals surface area (Å²) < 4.78 is 3.00. The van der Waals surface area contributed by atoms with E-state index in [1.165, 1.54) is 29.8 Å². The summed E-state index contributed by atoms with van der Waals surface area (Å²) in [5, 5.41) is 20.9. The molecule has 13 heteroatoms. The van der Waals surface area contributed by atoms with Crippen molar-refractivity contribution >= 4 is 62.5 Å². The third-order valence-electron chi connectivity index (χ3n) is 5.76. The smallest absolute Gasteiger partial charge is 0.276 e. The fraction of sp³-hybridized carbons (Fsp3) is 0.217. The molecule has 3 aromatic heterocycles. The van der Waals surface area contributed by atoms with Crippen LogP contribution in [0.3, 0.4) is 0 Å². The minimum absolute atomic E-state index is 0.157. The number of nitrogens with zero attached hydrogens (tertiary/aromatic N) is 4.